The smallest absolute Gasteiger partial charge is 0.222 e. The van der Waals surface area contributed by atoms with Crippen LogP contribution in [0.15, 0.2) is 47.6 Å². The van der Waals surface area contributed by atoms with Crippen molar-refractivity contribution in [1.29, 1.82) is 0 Å². The Morgan fingerprint density at radius 1 is 1.14 bits per heavy atom. The van der Waals surface area contributed by atoms with Gasteiger partial charge in [-0.3, -0.25) is 0 Å². The van der Waals surface area contributed by atoms with E-state index in [-0.39, 0.29) is 11.7 Å². The van der Waals surface area contributed by atoms with Crippen molar-refractivity contribution in [1.82, 2.24) is 9.97 Å². The topological polar surface area (TPSA) is 103 Å². The molecule has 28 heavy (non-hydrogen) atoms. The van der Waals surface area contributed by atoms with Crippen LogP contribution >= 0.6 is 11.6 Å². The summed E-state index contributed by atoms with van der Waals surface area (Å²) in [6.07, 6.45) is 3.75. The second kappa shape index (κ2) is 8.58. The zero-order valence-electron chi connectivity index (χ0n) is 15.4. The van der Waals surface area contributed by atoms with E-state index in [1.54, 1.807) is 36.7 Å². The summed E-state index contributed by atoms with van der Waals surface area (Å²) in [6, 6.07) is 10.7. The van der Waals surface area contributed by atoms with Gasteiger partial charge in [0.15, 0.2) is 17.3 Å². The van der Waals surface area contributed by atoms with E-state index >= 15 is 0 Å². The van der Waals surface area contributed by atoms with Gasteiger partial charge in [-0.15, -0.1) is 0 Å². The maximum absolute atomic E-state index is 10.1. The van der Waals surface area contributed by atoms with E-state index in [0.29, 0.717) is 28.8 Å². The first-order valence-electron chi connectivity index (χ1n) is 8.35. The summed E-state index contributed by atoms with van der Waals surface area (Å²) in [7, 11) is 2.96. The first-order valence-corrected chi connectivity index (χ1v) is 8.73. The van der Waals surface area contributed by atoms with Gasteiger partial charge in [0, 0.05) is 29.4 Å². The molecule has 0 bridgehead atoms. The molecule has 0 aliphatic rings. The standard InChI is InChI=1S/C20H19ClN4O3/c1-27-16-8-13(9-17(28-2)18(16)26)7-14-11-24-20(22)25-19(14)23-10-12-3-5-15(21)6-4-12/h3-6,8-11,26H,7H2,1-2H3,(H2,22,24,25). The van der Waals surface area contributed by atoms with Crippen LogP contribution in [0.3, 0.4) is 0 Å². The molecule has 0 aliphatic carbocycles. The minimum absolute atomic E-state index is 0.0525. The average Bonchev–Trinajstić information content (AvgIpc) is 2.70. The minimum atomic E-state index is -0.0525. The van der Waals surface area contributed by atoms with Gasteiger partial charge < -0.3 is 20.3 Å². The Bertz CT molecular complexity index is 982. The molecule has 0 saturated heterocycles. The molecule has 7 nitrogen and oxygen atoms in total. The SMILES string of the molecule is COc1cc(Cc2cnc(N)nc2N=Cc2ccc(Cl)cc2)cc(OC)c1O. The minimum Gasteiger partial charge on any atom is -0.502 e. The number of hydrogen-bond acceptors (Lipinski definition) is 7. The molecule has 8 heteroatoms. The highest BCUT2D eigenvalue weighted by molar-refractivity contribution is 6.30. The number of phenols is 1. The van der Waals surface area contributed by atoms with E-state index < -0.39 is 0 Å². The third-order valence-corrected chi connectivity index (χ3v) is 4.25. The van der Waals surface area contributed by atoms with Gasteiger partial charge in [-0.05, 0) is 35.4 Å². The van der Waals surface area contributed by atoms with Crippen molar-refractivity contribution >= 4 is 29.6 Å². The second-order valence-electron chi connectivity index (χ2n) is 5.91. The number of rotatable bonds is 6. The van der Waals surface area contributed by atoms with Crippen LogP contribution in [0.5, 0.6) is 17.2 Å². The number of phenolic OH excluding ortho intramolecular Hbond substituents is 1. The van der Waals surface area contributed by atoms with Gasteiger partial charge in [-0.1, -0.05) is 23.7 Å². The molecule has 3 N–H and O–H groups in total. The molecule has 1 aromatic heterocycles. The van der Waals surface area contributed by atoms with E-state index in [0.717, 1.165) is 16.7 Å². The quantitative estimate of drug-likeness (QED) is 0.612. The third kappa shape index (κ3) is 4.50. The molecule has 0 aliphatic heterocycles. The van der Waals surface area contributed by atoms with Gasteiger partial charge in [0.25, 0.3) is 0 Å². The molecule has 0 fully saturated rings. The molecule has 3 aromatic rings. The summed E-state index contributed by atoms with van der Waals surface area (Å²) < 4.78 is 10.4. The number of hydrogen-bond donors (Lipinski definition) is 2. The largest absolute Gasteiger partial charge is 0.502 e. The van der Waals surface area contributed by atoms with Crippen molar-refractivity contribution in [2.24, 2.45) is 4.99 Å². The second-order valence-corrected chi connectivity index (χ2v) is 6.35. The zero-order valence-corrected chi connectivity index (χ0v) is 16.1. The predicted molar refractivity (Wildman–Crippen MR) is 109 cm³/mol. The van der Waals surface area contributed by atoms with Gasteiger partial charge in [0.05, 0.1) is 14.2 Å². The predicted octanol–water partition coefficient (Wildman–Crippen LogP) is 3.78. The number of benzene rings is 2. The van der Waals surface area contributed by atoms with Crippen molar-refractivity contribution in [3.05, 3.63) is 64.3 Å². The number of nitrogens with zero attached hydrogens (tertiary/aromatic N) is 3. The van der Waals surface area contributed by atoms with Crippen LogP contribution < -0.4 is 15.2 Å². The number of methoxy groups -OCH3 is 2. The number of anilines is 1. The van der Waals surface area contributed by atoms with Crippen LogP contribution in [0.25, 0.3) is 0 Å². The Morgan fingerprint density at radius 2 is 1.79 bits per heavy atom. The highest BCUT2D eigenvalue weighted by Gasteiger charge is 2.13. The van der Waals surface area contributed by atoms with Gasteiger partial charge in [-0.25, -0.2) is 9.98 Å². The fourth-order valence-corrected chi connectivity index (χ4v) is 2.73. The molecular formula is C20H19ClN4O3. The van der Waals surface area contributed by atoms with Crippen LogP contribution in [-0.2, 0) is 6.42 Å². The van der Waals surface area contributed by atoms with Gasteiger partial charge in [0.2, 0.25) is 11.7 Å². The monoisotopic (exact) mass is 398 g/mol. The normalized spacial score (nSPS) is 11.0. The lowest BCUT2D eigenvalue weighted by molar-refractivity contribution is 0.339. The fraction of sp³-hybridized carbons (Fsp3) is 0.150. The van der Waals surface area contributed by atoms with E-state index in [1.165, 1.54) is 14.2 Å². The van der Waals surface area contributed by atoms with Crippen molar-refractivity contribution < 1.29 is 14.6 Å². The lowest BCUT2D eigenvalue weighted by atomic mass is 10.1. The lowest BCUT2D eigenvalue weighted by Crippen LogP contribution is -2.00. The molecule has 3 rings (SSSR count). The molecule has 0 atom stereocenters. The maximum atomic E-state index is 10.1. The first kappa shape index (κ1) is 19.4. The fourth-order valence-electron chi connectivity index (χ4n) is 2.60. The summed E-state index contributed by atoms with van der Waals surface area (Å²) in [5.74, 6) is 1.17. The number of aliphatic imine (C=N–C) groups is 1. The summed E-state index contributed by atoms with van der Waals surface area (Å²) in [5.41, 5.74) is 8.20. The number of nitrogen functional groups attached to an aromatic ring is 1. The highest BCUT2D eigenvalue weighted by atomic mass is 35.5. The average molecular weight is 399 g/mol. The number of aromatic nitrogens is 2. The Labute approximate surface area is 167 Å². The Balaban J connectivity index is 1.94. The summed E-state index contributed by atoms with van der Waals surface area (Å²) in [4.78, 5) is 12.8. The number of nitrogens with two attached hydrogens (primary N) is 1. The van der Waals surface area contributed by atoms with E-state index in [1.807, 2.05) is 12.1 Å². The molecule has 0 saturated carbocycles. The molecule has 2 aromatic carbocycles. The van der Waals surface area contributed by atoms with Crippen LogP contribution in [-0.4, -0.2) is 35.5 Å². The Hall–Kier alpha value is -3.32. The molecule has 1 heterocycles. The summed E-state index contributed by atoms with van der Waals surface area (Å²) >= 11 is 5.91. The van der Waals surface area contributed by atoms with Crippen molar-refractivity contribution in [2.45, 2.75) is 6.42 Å². The van der Waals surface area contributed by atoms with Crippen molar-refractivity contribution in [3.8, 4) is 17.2 Å². The third-order valence-electron chi connectivity index (χ3n) is 4.00. The van der Waals surface area contributed by atoms with Gasteiger partial charge in [0.1, 0.15) is 0 Å². The maximum Gasteiger partial charge on any atom is 0.222 e. The Kier molecular flexibility index (Phi) is 5.96. The van der Waals surface area contributed by atoms with Crippen LogP contribution in [0.1, 0.15) is 16.7 Å². The summed E-state index contributed by atoms with van der Waals surface area (Å²) in [5, 5.41) is 10.7. The Morgan fingerprint density at radius 3 is 2.39 bits per heavy atom. The number of halogens is 1. The zero-order chi connectivity index (χ0) is 20.1. The van der Waals surface area contributed by atoms with Crippen LogP contribution in [0.4, 0.5) is 11.8 Å². The van der Waals surface area contributed by atoms with Crippen molar-refractivity contribution in [3.63, 3.8) is 0 Å². The summed E-state index contributed by atoms with van der Waals surface area (Å²) in [6.45, 7) is 0. The van der Waals surface area contributed by atoms with E-state index in [4.69, 9.17) is 26.8 Å². The van der Waals surface area contributed by atoms with Crippen LogP contribution in [0, 0.1) is 0 Å². The molecule has 0 spiro atoms. The van der Waals surface area contributed by atoms with E-state index in [9.17, 15) is 5.11 Å². The molecular weight excluding hydrogens is 380 g/mol. The first-order chi connectivity index (χ1) is 13.5. The molecule has 0 unspecified atom stereocenters. The lowest BCUT2D eigenvalue weighted by Gasteiger charge is -2.12. The van der Waals surface area contributed by atoms with Crippen molar-refractivity contribution in [2.75, 3.05) is 20.0 Å². The molecule has 0 radical (unpaired) electrons. The van der Waals surface area contributed by atoms with E-state index in [2.05, 4.69) is 15.0 Å². The highest BCUT2D eigenvalue weighted by Crippen LogP contribution is 2.38. The number of aromatic hydroxyl groups is 1. The van der Waals surface area contributed by atoms with Crippen LogP contribution in [0.2, 0.25) is 5.02 Å². The van der Waals surface area contributed by atoms with Gasteiger partial charge >= 0.3 is 0 Å². The van der Waals surface area contributed by atoms with Gasteiger partial charge in [-0.2, -0.15) is 4.98 Å². The number of ether oxygens (including phenoxy) is 2. The molecule has 144 valence electrons. The molecule has 0 amide bonds.